The van der Waals surface area contributed by atoms with Crippen LogP contribution in [0.4, 0.5) is 10.6 Å². The molecule has 0 saturated carbocycles. The van der Waals surface area contributed by atoms with Crippen LogP contribution in [0.2, 0.25) is 0 Å². The quantitative estimate of drug-likeness (QED) is 0.779. The summed E-state index contributed by atoms with van der Waals surface area (Å²) >= 11 is 0. The fourth-order valence-corrected chi connectivity index (χ4v) is 1.82. The molecule has 0 aromatic carbocycles. The molecule has 1 saturated heterocycles. The second-order valence-electron chi connectivity index (χ2n) is 4.17. The van der Waals surface area contributed by atoms with E-state index in [1.807, 2.05) is 7.05 Å². The summed E-state index contributed by atoms with van der Waals surface area (Å²) in [6, 6.07) is 1.67. The Balaban J connectivity index is 1.80. The van der Waals surface area contributed by atoms with Crippen molar-refractivity contribution in [1.82, 2.24) is 15.4 Å². The van der Waals surface area contributed by atoms with Crippen LogP contribution in [0.1, 0.15) is 12.2 Å². The van der Waals surface area contributed by atoms with E-state index >= 15 is 0 Å². The normalized spacial score (nSPS) is 21.0. The number of rotatable bonds is 2. The minimum absolute atomic E-state index is 0.220. The molecule has 1 fully saturated rings. The monoisotopic (exact) mass is 224 g/mol. The molecule has 0 aliphatic carbocycles. The minimum atomic E-state index is -0.228. The van der Waals surface area contributed by atoms with E-state index in [1.165, 1.54) is 0 Å². The van der Waals surface area contributed by atoms with E-state index in [0.29, 0.717) is 11.6 Å². The van der Waals surface area contributed by atoms with E-state index in [2.05, 4.69) is 20.7 Å². The van der Waals surface area contributed by atoms with Crippen molar-refractivity contribution in [3.63, 3.8) is 0 Å². The third-order valence-electron chi connectivity index (χ3n) is 2.60. The predicted octanol–water partition coefficient (Wildman–Crippen LogP) is 0.809. The third-order valence-corrected chi connectivity index (χ3v) is 2.60. The number of carbonyl (C=O) groups is 1. The lowest BCUT2D eigenvalue weighted by Gasteiger charge is -2.12. The van der Waals surface area contributed by atoms with Gasteiger partial charge in [-0.05, 0) is 26.9 Å². The Kier molecular flexibility index (Phi) is 3.09. The summed E-state index contributed by atoms with van der Waals surface area (Å²) < 4.78 is 4.85. The molecule has 16 heavy (non-hydrogen) atoms. The Morgan fingerprint density at radius 2 is 2.50 bits per heavy atom. The van der Waals surface area contributed by atoms with Gasteiger partial charge < -0.3 is 14.7 Å². The van der Waals surface area contributed by atoms with E-state index in [0.717, 1.165) is 19.5 Å². The Morgan fingerprint density at radius 1 is 1.69 bits per heavy atom. The lowest BCUT2D eigenvalue weighted by atomic mass is 10.3. The average molecular weight is 224 g/mol. The van der Waals surface area contributed by atoms with Crippen LogP contribution in [0.3, 0.4) is 0 Å². The van der Waals surface area contributed by atoms with Gasteiger partial charge in [-0.1, -0.05) is 5.16 Å². The average Bonchev–Trinajstić information content (AvgIpc) is 2.76. The van der Waals surface area contributed by atoms with E-state index in [4.69, 9.17) is 4.52 Å². The first-order valence-electron chi connectivity index (χ1n) is 5.33. The summed E-state index contributed by atoms with van der Waals surface area (Å²) in [5.74, 6) is 1.12. The number of aromatic nitrogens is 1. The van der Waals surface area contributed by atoms with Crippen molar-refractivity contribution in [2.24, 2.45) is 0 Å². The highest BCUT2D eigenvalue weighted by Gasteiger charge is 2.21. The zero-order valence-electron chi connectivity index (χ0n) is 9.49. The maximum atomic E-state index is 11.6. The van der Waals surface area contributed by atoms with E-state index < -0.39 is 0 Å². The van der Waals surface area contributed by atoms with Crippen molar-refractivity contribution in [1.29, 1.82) is 0 Å². The third kappa shape index (κ3) is 2.73. The van der Waals surface area contributed by atoms with E-state index in [1.54, 1.807) is 13.0 Å². The van der Waals surface area contributed by atoms with Crippen LogP contribution in [0.25, 0.3) is 0 Å². The van der Waals surface area contributed by atoms with Crippen molar-refractivity contribution >= 4 is 11.8 Å². The summed E-state index contributed by atoms with van der Waals surface area (Å²) in [6.07, 6.45) is 0.988. The van der Waals surface area contributed by atoms with Crippen molar-refractivity contribution in [3.05, 3.63) is 11.8 Å². The lowest BCUT2D eigenvalue weighted by molar-refractivity contribution is 0.248. The van der Waals surface area contributed by atoms with Crippen molar-refractivity contribution in [2.45, 2.75) is 19.4 Å². The molecule has 2 amide bonds. The molecule has 0 bridgehead atoms. The number of hydrogen-bond donors (Lipinski definition) is 2. The van der Waals surface area contributed by atoms with E-state index in [-0.39, 0.29) is 12.1 Å². The first kappa shape index (κ1) is 10.9. The van der Waals surface area contributed by atoms with Gasteiger partial charge in [0.25, 0.3) is 0 Å². The summed E-state index contributed by atoms with van der Waals surface area (Å²) in [5, 5.41) is 9.21. The zero-order valence-corrected chi connectivity index (χ0v) is 9.49. The molecule has 2 N–H and O–H groups in total. The number of carbonyl (C=O) groups excluding carboxylic acids is 1. The Morgan fingerprint density at radius 3 is 3.06 bits per heavy atom. The second-order valence-corrected chi connectivity index (χ2v) is 4.17. The highest BCUT2D eigenvalue weighted by Crippen LogP contribution is 2.08. The number of nitrogens with one attached hydrogen (secondary N) is 2. The molecule has 1 aromatic rings. The number of urea groups is 1. The molecule has 1 aromatic heterocycles. The van der Waals surface area contributed by atoms with Crippen molar-refractivity contribution in [3.8, 4) is 0 Å². The number of aryl methyl sites for hydroxylation is 1. The van der Waals surface area contributed by atoms with Gasteiger partial charge in [0.05, 0.1) is 0 Å². The first-order valence-corrected chi connectivity index (χ1v) is 5.33. The van der Waals surface area contributed by atoms with Crippen molar-refractivity contribution in [2.75, 3.05) is 25.5 Å². The number of likely N-dealkylation sites (N-methyl/N-ethyl adjacent to an activating group) is 1. The fourth-order valence-electron chi connectivity index (χ4n) is 1.82. The predicted molar refractivity (Wildman–Crippen MR) is 59.3 cm³/mol. The highest BCUT2D eigenvalue weighted by atomic mass is 16.5. The number of likely N-dealkylation sites (tertiary alicyclic amines) is 1. The largest absolute Gasteiger partial charge is 0.360 e. The Bertz CT molecular complexity index is 377. The fraction of sp³-hybridized carbons (Fsp3) is 0.600. The SMILES string of the molecule is Cc1cc(NC(=O)N[C@@H]2CCN(C)C2)no1. The van der Waals surface area contributed by atoms with Gasteiger partial charge in [0.1, 0.15) is 5.76 Å². The summed E-state index contributed by atoms with van der Waals surface area (Å²) in [5.41, 5.74) is 0. The summed E-state index contributed by atoms with van der Waals surface area (Å²) in [6.45, 7) is 3.70. The molecule has 0 unspecified atom stereocenters. The first-order chi connectivity index (χ1) is 7.63. The topological polar surface area (TPSA) is 70.4 Å². The molecular weight excluding hydrogens is 208 g/mol. The molecule has 0 radical (unpaired) electrons. The molecule has 1 atom stereocenters. The second kappa shape index (κ2) is 4.52. The number of nitrogens with zero attached hydrogens (tertiary/aromatic N) is 2. The van der Waals surface area contributed by atoms with Gasteiger partial charge >= 0.3 is 6.03 Å². The van der Waals surface area contributed by atoms with Gasteiger partial charge in [-0.25, -0.2) is 4.79 Å². The maximum Gasteiger partial charge on any atom is 0.320 e. The molecule has 2 heterocycles. The van der Waals surface area contributed by atoms with Gasteiger partial charge in [-0.2, -0.15) is 0 Å². The Hall–Kier alpha value is -1.56. The van der Waals surface area contributed by atoms with Crippen LogP contribution in [0, 0.1) is 6.92 Å². The number of hydrogen-bond acceptors (Lipinski definition) is 4. The van der Waals surface area contributed by atoms with Crippen LogP contribution in [-0.4, -0.2) is 42.3 Å². The maximum absolute atomic E-state index is 11.6. The lowest BCUT2D eigenvalue weighted by Crippen LogP contribution is -2.39. The van der Waals surface area contributed by atoms with Gasteiger partial charge in [-0.15, -0.1) is 0 Å². The van der Waals surface area contributed by atoms with Crippen LogP contribution in [0.15, 0.2) is 10.6 Å². The van der Waals surface area contributed by atoms with Crippen LogP contribution >= 0.6 is 0 Å². The van der Waals surface area contributed by atoms with Gasteiger partial charge in [0.15, 0.2) is 5.82 Å². The molecule has 0 spiro atoms. The minimum Gasteiger partial charge on any atom is -0.360 e. The summed E-state index contributed by atoms with van der Waals surface area (Å²) in [7, 11) is 2.04. The smallest absolute Gasteiger partial charge is 0.320 e. The molecule has 1 aliphatic heterocycles. The van der Waals surface area contributed by atoms with Crippen LogP contribution in [0.5, 0.6) is 0 Å². The molecule has 6 nitrogen and oxygen atoms in total. The molecule has 88 valence electrons. The standard InChI is InChI=1S/C10H16N4O2/c1-7-5-9(13-16-7)12-10(15)11-8-3-4-14(2)6-8/h5,8H,3-4,6H2,1-2H3,(H2,11,12,13,15)/t8-/m1/s1. The van der Waals surface area contributed by atoms with Gasteiger partial charge in [0, 0.05) is 18.7 Å². The molecular formula is C10H16N4O2. The number of amides is 2. The highest BCUT2D eigenvalue weighted by molar-refractivity contribution is 5.88. The number of anilines is 1. The zero-order chi connectivity index (χ0) is 11.5. The van der Waals surface area contributed by atoms with Crippen LogP contribution in [-0.2, 0) is 0 Å². The van der Waals surface area contributed by atoms with Crippen molar-refractivity contribution < 1.29 is 9.32 Å². The van der Waals surface area contributed by atoms with Gasteiger partial charge in [0.2, 0.25) is 0 Å². The van der Waals surface area contributed by atoms with E-state index in [9.17, 15) is 4.79 Å². The Labute approximate surface area is 94.0 Å². The summed E-state index contributed by atoms with van der Waals surface area (Å²) in [4.78, 5) is 13.7. The molecule has 6 heteroatoms. The molecule has 1 aliphatic rings. The molecule has 2 rings (SSSR count). The van der Waals surface area contributed by atoms with Gasteiger partial charge in [-0.3, -0.25) is 5.32 Å². The van der Waals surface area contributed by atoms with Crippen LogP contribution < -0.4 is 10.6 Å².